The average molecular weight is 326 g/mol. The molecule has 0 atom stereocenters. The van der Waals surface area contributed by atoms with Crippen LogP contribution in [-0.2, 0) is 0 Å². The highest BCUT2D eigenvalue weighted by atomic mass is 19.1. The zero-order valence-corrected chi connectivity index (χ0v) is 14.2. The molecule has 0 radical (unpaired) electrons. The van der Waals surface area contributed by atoms with Gasteiger partial charge in [0.05, 0.1) is 0 Å². The van der Waals surface area contributed by atoms with E-state index < -0.39 is 0 Å². The summed E-state index contributed by atoms with van der Waals surface area (Å²) in [6.45, 7) is 7.40. The molecule has 0 bridgehead atoms. The summed E-state index contributed by atoms with van der Waals surface area (Å²) in [4.78, 5) is 16.7. The molecule has 2 aromatic carbocycles. The van der Waals surface area contributed by atoms with Crippen LogP contribution in [0.15, 0.2) is 48.5 Å². The van der Waals surface area contributed by atoms with Gasteiger partial charge < -0.3 is 9.80 Å². The summed E-state index contributed by atoms with van der Waals surface area (Å²) in [6, 6.07) is 14.3. The van der Waals surface area contributed by atoms with E-state index in [2.05, 4.69) is 43.0 Å². The molecule has 1 fully saturated rings. The van der Waals surface area contributed by atoms with E-state index in [1.807, 2.05) is 4.90 Å². The topological polar surface area (TPSA) is 23.6 Å². The maximum Gasteiger partial charge on any atom is 0.253 e. The fraction of sp³-hybridized carbons (Fsp3) is 0.350. The molecule has 0 N–H and O–H groups in total. The van der Waals surface area contributed by atoms with E-state index >= 15 is 0 Å². The second kappa shape index (κ2) is 7.04. The minimum absolute atomic E-state index is 0.0215. The van der Waals surface area contributed by atoms with Gasteiger partial charge >= 0.3 is 0 Å². The SMILES string of the molecule is CC(C)c1ccccc1N1CCN(C(=O)c2ccc(F)cc2)CC1. The van der Waals surface area contributed by atoms with Crippen molar-refractivity contribution in [1.82, 2.24) is 4.90 Å². The highest BCUT2D eigenvalue weighted by Crippen LogP contribution is 2.28. The number of halogens is 1. The number of piperazine rings is 1. The maximum atomic E-state index is 13.0. The van der Waals surface area contributed by atoms with Crippen molar-refractivity contribution < 1.29 is 9.18 Å². The third-order valence-electron chi connectivity index (χ3n) is 4.56. The zero-order valence-electron chi connectivity index (χ0n) is 14.2. The first-order valence-corrected chi connectivity index (χ1v) is 8.45. The van der Waals surface area contributed by atoms with Gasteiger partial charge in [-0.1, -0.05) is 32.0 Å². The molecule has 0 aromatic heterocycles. The monoisotopic (exact) mass is 326 g/mol. The van der Waals surface area contributed by atoms with Gasteiger partial charge in [0, 0.05) is 37.4 Å². The van der Waals surface area contributed by atoms with Crippen molar-refractivity contribution in [3.8, 4) is 0 Å². The number of hydrogen-bond acceptors (Lipinski definition) is 2. The summed E-state index contributed by atoms with van der Waals surface area (Å²) in [5, 5.41) is 0. The normalized spacial score (nSPS) is 15.0. The van der Waals surface area contributed by atoms with E-state index in [9.17, 15) is 9.18 Å². The van der Waals surface area contributed by atoms with Crippen LogP contribution in [0.2, 0.25) is 0 Å². The number of para-hydroxylation sites is 1. The average Bonchev–Trinajstić information content (AvgIpc) is 2.62. The van der Waals surface area contributed by atoms with E-state index in [0.717, 1.165) is 13.1 Å². The standard InChI is InChI=1S/C20H23FN2O/c1-15(2)18-5-3-4-6-19(18)22-11-13-23(14-12-22)20(24)16-7-9-17(21)10-8-16/h3-10,15H,11-14H2,1-2H3. The lowest BCUT2D eigenvalue weighted by Gasteiger charge is -2.37. The Bertz CT molecular complexity index is 704. The molecular weight excluding hydrogens is 303 g/mol. The number of amides is 1. The van der Waals surface area contributed by atoms with Crippen LogP contribution < -0.4 is 4.90 Å². The van der Waals surface area contributed by atoms with Gasteiger partial charge in [-0.15, -0.1) is 0 Å². The lowest BCUT2D eigenvalue weighted by atomic mass is 10.00. The summed E-state index contributed by atoms with van der Waals surface area (Å²) in [6.07, 6.45) is 0. The summed E-state index contributed by atoms with van der Waals surface area (Å²) >= 11 is 0. The lowest BCUT2D eigenvalue weighted by molar-refractivity contribution is 0.0746. The molecule has 1 heterocycles. The van der Waals surface area contributed by atoms with E-state index in [1.165, 1.54) is 23.4 Å². The summed E-state index contributed by atoms with van der Waals surface area (Å²) in [5.74, 6) is 0.133. The Kier molecular flexibility index (Phi) is 4.84. The molecule has 4 heteroatoms. The van der Waals surface area contributed by atoms with Crippen molar-refractivity contribution in [2.75, 3.05) is 31.1 Å². The van der Waals surface area contributed by atoms with E-state index in [4.69, 9.17) is 0 Å². The fourth-order valence-electron chi connectivity index (χ4n) is 3.19. The number of nitrogens with zero attached hydrogens (tertiary/aromatic N) is 2. The van der Waals surface area contributed by atoms with E-state index in [0.29, 0.717) is 24.6 Å². The molecule has 24 heavy (non-hydrogen) atoms. The fourth-order valence-corrected chi connectivity index (χ4v) is 3.19. The minimum Gasteiger partial charge on any atom is -0.368 e. The first-order valence-electron chi connectivity index (χ1n) is 8.45. The Labute approximate surface area is 142 Å². The predicted octanol–water partition coefficient (Wildman–Crippen LogP) is 3.91. The van der Waals surface area contributed by atoms with Crippen LogP contribution in [0.1, 0.15) is 35.7 Å². The van der Waals surface area contributed by atoms with Gasteiger partial charge in [0.1, 0.15) is 5.82 Å². The number of rotatable bonds is 3. The Morgan fingerprint density at radius 3 is 2.21 bits per heavy atom. The van der Waals surface area contributed by atoms with Crippen LogP contribution in [0.4, 0.5) is 10.1 Å². The highest BCUT2D eigenvalue weighted by Gasteiger charge is 2.23. The molecule has 1 aliphatic heterocycles. The van der Waals surface area contributed by atoms with Gasteiger partial charge in [-0.25, -0.2) is 4.39 Å². The van der Waals surface area contributed by atoms with Crippen LogP contribution in [0.5, 0.6) is 0 Å². The van der Waals surface area contributed by atoms with Gasteiger partial charge in [-0.3, -0.25) is 4.79 Å². The third-order valence-corrected chi connectivity index (χ3v) is 4.56. The Balaban J connectivity index is 1.68. The van der Waals surface area contributed by atoms with Crippen molar-refractivity contribution in [2.45, 2.75) is 19.8 Å². The largest absolute Gasteiger partial charge is 0.368 e. The number of carbonyl (C=O) groups is 1. The molecule has 1 aliphatic rings. The summed E-state index contributed by atoms with van der Waals surface area (Å²) in [5.41, 5.74) is 3.16. The second-order valence-corrected chi connectivity index (χ2v) is 6.50. The van der Waals surface area contributed by atoms with E-state index in [1.54, 1.807) is 12.1 Å². The molecular formula is C20H23FN2O. The van der Waals surface area contributed by atoms with Crippen LogP contribution >= 0.6 is 0 Å². The minimum atomic E-state index is -0.318. The predicted molar refractivity (Wildman–Crippen MR) is 95.0 cm³/mol. The highest BCUT2D eigenvalue weighted by molar-refractivity contribution is 5.94. The Hall–Kier alpha value is -2.36. The molecule has 0 aliphatic carbocycles. The van der Waals surface area contributed by atoms with Crippen molar-refractivity contribution in [2.24, 2.45) is 0 Å². The van der Waals surface area contributed by atoms with Gasteiger partial charge in [-0.05, 0) is 41.8 Å². The molecule has 1 saturated heterocycles. The van der Waals surface area contributed by atoms with Gasteiger partial charge in [0.2, 0.25) is 0 Å². The smallest absolute Gasteiger partial charge is 0.253 e. The van der Waals surface area contributed by atoms with Crippen molar-refractivity contribution in [3.63, 3.8) is 0 Å². The van der Waals surface area contributed by atoms with E-state index in [-0.39, 0.29) is 11.7 Å². The molecule has 0 spiro atoms. The molecule has 0 unspecified atom stereocenters. The van der Waals surface area contributed by atoms with Crippen LogP contribution in [0, 0.1) is 5.82 Å². The molecule has 2 aromatic rings. The zero-order chi connectivity index (χ0) is 17.1. The second-order valence-electron chi connectivity index (χ2n) is 6.50. The van der Waals surface area contributed by atoms with Gasteiger partial charge in [-0.2, -0.15) is 0 Å². The van der Waals surface area contributed by atoms with Crippen LogP contribution in [0.25, 0.3) is 0 Å². The van der Waals surface area contributed by atoms with Gasteiger partial charge in [0.15, 0.2) is 0 Å². The first kappa shape index (κ1) is 16.5. The molecule has 126 valence electrons. The maximum absolute atomic E-state index is 13.0. The van der Waals surface area contributed by atoms with Crippen LogP contribution in [0.3, 0.4) is 0 Å². The first-order chi connectivity index (χ1) is 11.6. The third kappa shape index (κ3) is 3.42. The number of carbonyl (C=O) groups excluding carboxylic acids is 1. The quantitative estimate of drug-likeness (QED) is 0.854. The van der Waals surface area contributed by atoms with Crippen molar-refractivity contribution in [3.05, 3.63) is 65.5 Å². The Morgan fingerprint density at radius 1 is 0.958 bits per heavy atom. The van der Waals surface area contributed by atoms with Crippen molar-refractivity contribution in [1.29, 1.82) is 0 Å². The molecule has 1 amide bonds. The molecule has 3 rings (SSSR count). The van der Waals surface area contributed by atoms with Crippen LogP contribution in [-0.4, -0.2) is 37.0 Å². The number of hydrogen-bond donors (Lipinski definition) is 0. The lowest BCUT2D eigenvalue weighted by Crippen LogP contribution is -2.49. The number of benzene rings is 2. The summed E-state index contributed by atoms with van der Waals surface area (Å²) in [7, 11) is 0. The van der Waals surface area contributed by atoms with Crippen molar-refractivity contribution >= 4 is 11.6 Å². The number of anilines is 1. The Morgan fingerprint density at radius 2 is 1.58 bits per heavy atom. The summed E-state index contributed by atoms with van der Waals surface area (Å²) < 4.78 is 13.0. The van der Waals surface area contributed by atoms with Gasteiger partial charge in [0.25, 0.3) is 5.91 Å². The molecule has 3 nitrogen and oxygen atoms in total. The molecule has 0 saturated carbocycles.